The zero-order valence-electron chi connectivity index (χ0n) is 14.9. The molecule has 1 aromatic heterocycles. The van der Waals surface area contributed by atoms with Crippen LogP contribution < -0.4 is 5.32 Å². The van der Waals surface area contributed by atoms with Gasteiger partial charge in [0.25, 0.3) is 0 Å². The normalized spacial score (nSPS) is 10.6. The molecule has 6 heteroatoms. The molecule has 1 amide bonds. The fourth-order valence-corrected chi connectivity index (χ4v) is 3.02. The molecular formula is C21H20IN3O2. The number of aromatic nitrogens is 2. The van der Waals surface area contributed by atoms with Crippen molar-refractivity contribution in [3.63, 3.8) is 0 Å². The third-order valence-electron chi connectivity index (χ3n) is 4.15. The first kappa shape index (κ1) is 19.4. The summed E-state index contributed by atoms with van der Waals surface area (Å²) in [6.45, 7) is 2.00. The molecule has 3 rings (SSSR count). The van der Waals surface area contributed by atoms with Gasteiger partial charge in [-0.15, -0.1) is 0 Å². The minimum Gasteiger partial charge on any atom is -0.392 e. The number of nitrogens with one attached hydrogen (secondary N) is 1. The minimum atomic E-state index is -0.111. The summed E-state index contributed by atoms with van der Waals surface area (Å²) in [6.07, 6.45) is 2.62. The second-order valence-electron chi connectivity index (χ2n) is 6.11. The van der Waals surface area contributed by atoms with Gasteiger partial charge in [-0.25, -0.2) is 9.97 Å². The summed E-state index contributed by atoms with van der Waals surface area (Å²) in [5, 5.41) is 12.0. The predicted octanol–water partition coefficient (Wildman–Crippen LogP) is 3.98. The molecule has 0 unspecified atom stereocenters. The van der Waals surface area contributed by atoms with Gasteiger partial charge in [0.2, 0.25) is 5.91 Å². The van der Waals surface area contributed by atoms with E-state index in [4.69, 9.17) is 5.11 Å². The fourth-order valence-electron chi connectivity index (χ4n) is 2.66. The van der Waals surface area contributed by atoms with Crippen LogP contribution in [0.4, 0.5) is 5.82 Å². The van der Waals surface area contributed by atoms with Gasteiger partial charge in [-0.1, -0.05) is 43.3 Å². The van der Waals surface area contributed by atoms with Crippen LogP contribution in [0.3, 0.4) is 0 Å². The van der Waals surface area contributed by atoms with Crippen molar-refractivity contribution < 1.29 is 9.90 Å². The van der Waals surface area contributed by atoms with Crippen molar-refractivity contribution >= 4 is 34.3 Å². The summed E-state index contributed by atoms with van der Waals surface area (Å²) >= 11 is 2.24. The van der Waals surface area contributed by atoms with Crippen LogP contribution in [0.2, 0.25) is 0 Å². The van der Waals surface area contributed by atoms with Crippen LogP contribution in [-0.2, 0) is 24.2 Å². The molecule has 3 aromatic rings. The minimum absolute atomic E-state index is 0.0116. The maximum absolute atomic E-state index is 12.4. The molecule has 0 atom stereocenters. The zero-order chi connectivity index (χ0) is 19.2. The molecule has 0 spiro atoms. The number of aryl methyl sites for hydroxylation is 1. The van der Waals surface area contributed by atoms with Crippen LogP contribution in [0.25, 0.3) is 11.3 Å². The third kappa shape index (κ3) is 5.11. The molecule has 0 aliphatic carbocycles. The highest BCUT2D eigenvalue weighted by Gasteiger charge is 2.11. The predicted molar refractivity (Wildman–Crippen MR) is 114 cm³/mol. The average Bonchev–Trinajstić information content (AvgIpc) is 2.70. The summed E-state index contributed by atoms with van der Waals surface area (Å²) < 4.78 is 1.14. The van der Waals surface area contributed by atoms with Crippen LogP contribution in [0.15, 0.2) is 54.7 Å². The van der Waals surface area contributed by atoms with Crippen molar-refractivity contribution in [1.29, 1.82) is 0 Å². The number of rotatable bonds is 6. The Bertz CT molecular complexity index is 925. The number of hydrogen-bond acceptors (Lipinski definition) is 4. The van der Waals surface area contributed by atoms with Crippen molar-refractivity contribution in [1.82, 2.24) is 9.97 Å². The molecule has 0 saturated carbocycles. The lowest BCUT2D eigenvalue weighted by Gasteiger charge is -2.10. The first-order valence-corrected chi connectivity index (χ1v) is 9.77. The quantitative estimate of drug-likeness (QED) is 0.532. The Hall–Kier alpha value is -2.32. The number of nitrogens with zero attached hydrogens (tertiary/aromatic N) is 2. The van der Waals surface area contributed by atoms with Gasteiger partial charge in [-0.3, -0.25) is 4.79 Å². The van der Waals surface area contributed by atoms with Crippen LogP contribution in [0.5, 0.6) is 0 Å². The Morgan fingerprint density at radius 1 is 1.07 bits per heavy atom. The van der Waals surface area contributed by atoms with Crippen LogP contribution >= 0.6 is 22.6 Å². The number of amides is 1. The second-order valence-corrected chi connectivity index (χ2v) is 7.36. The number of benzene rings is 2. The second kappa shape index (κ2) is 9.05. The van der Waals surface area contributed by atoms with Gasteiger partial charge < -0.3 is 10.4 Å². The van der Waals surface area contributed by atoms with Crippen molar-refractivity contribution in [2.75, 3.05) is 5.32 Å². The van der Waals surface area contributed by atoms with Gasteiger partial charge in [-0.2, -0.15) is 0 Å². The third-order valence-corrected chi connectivity index (χ3v) is 4.87. The van der Waals surface area contributed by atoms with Crippen LogP contribution in [-0.4, -0.2) is 21.0 Å². The van der Waals surface area contributed by atoms with E-state index in [0.717, 1.165) is 31.6 Å². The molecule has 0 aliphatic heterocycles. The van der Waals surface area contributed by atoms with E-state index in [0.29, 0.717) is 18.7 Å². The molecule has 0 aliphatic rings. The van der Waals surface area contributed by atoms with E-state index in [2.05, 4.69) is 37.9 Å². The maximum Gasteiger partial charge on any atom is 0.229 e. The highest BCUT2D eigenvalue weighted by atomic mass is 127. The summed E-state index contributed by atoms with van der Waals surface area (Å²) in [5.74, 6) is 0.393. The number of aliphatic hydroxyl groups is 1. The Morgan fingerprint density at radius 2 is 1.74 bits per heavy atom. The topological polar surface area (TPSA) is 75.1 Å². The van der Waals surface area contributed by atoms with Gasteiger partial charge in [0.05, 0.1) is 30.6 Å². The Balaban J connectivity index is 1.75. The number of hydrogen-bond donors (Lipinski definition) is 2. The molecule has 1 heterocycles. The van der Waals surface area contributed by atoms with E-state index in [1.807, 2.05) is 55.5 Å². The number of carbonyl (C=O) groups excluding carboxylic acids is 1. The van der Waals surface area contributed by atoms with Gasteiger partial charge in [0, 0.05) is 9.13 Å². The van der Waals surface area contributed by atoms with E-state index >= 15 is 0 Å². The summed E-state index contributed by atoms with van der Waals surface area (Å²) in [4.78, 5) is 21.4. The van der Waals surface area contributed by atoms with E-state index < -0.39 is 0 Å². The van der Waals surface area contributed by atoms with Gasteiger partial charge >= 0.3 is 0 Å². The molecule has 0 fully saturated rings. The molecule has 2 aromatic carbocycles. The van der Waals surface area contributed by atoms with Gasteiger partial charge in [0.1, 0.15) is 0 Å². The molecule has 138 valence electrons. The monoisotopic (exact) mass is 473 g/mol. The largest absolute Gasteiger partial charge is 0.392 e. The summed E-state index contributed by atoms with van der Waals surface area (Å²) in [6, 6.07) is 15.4. The standard InChI is InChI=1S/C21H20IN3O2/c1-2-18-21(25-20(27)11-14-5-9-17(22)10-6-14)23-12-19(24-18)16-7-3-15(13-26)4-8-16/h3-10,12,26H,2,11,13H2,1H3,(H,23,25,27). The lowest BCUT2D eigenvalue weighted by Crippen LogP contribution is -2.17. The highest BCUT2D eigenvalue weighted by molar-refractivity contribution is 14.1. The number of halogens is 1. The molecule has 0 bridgehead atoms. The van der Waals surface area contributed by atoms with Crippen molar-refractivity contribution in [3.8, 4) is 11.3 Å². The lowest BCUT2D eigenvalue weighted by molar-refractivity contribution is -0.115. The SMILES string of the molecule is CCc1nc(-c2ccc(CO)cc2)cnc1NC(=O)Cc1ccc(I)cc1. The highest BCUT2D eigenvalue weighted by Crippen LogP contribution is 2.21. The first-order chi connectivity index (χ1) is 13.1. The molecule has 2 N–H and O–H groups in total. The van der Waals surface area contributed by atoms with Gasteiger partial charge in [-0.05, 0) is 52.3 Å². The number of anilines is 1. The molecule has 0 radical (unpaired) electrons. The zero-order valence-corrected chi connectivity index (χ0v) is 17.1. The number of carbonyl (C=O) groups is 1. The Labute approximate surface area is 172 Å². The molecule has 5 nitrogen and oxygen atoms in total. The Kier molecular flexibility index (Phi) is 6.52. The number of aliphatic hydroxyl groups excluding tert-OH is 1. The Morgan fingerprint density at radius 3 is 2.37 bits per heavy atom. The van der Waals surface area contributed by atoms with E-state index in [9.17, 15) is 4.79 Å². The summed E-state index contributed by atoms with van der Waals surface area (Å²) in [7, 11) is 0. The van der Waals surface area contributed by atoms with Gasteiger partial charge in [0.15, 0.2) is 5.82 Å². The van der Waals surface area contributed by atoms with E-state index in [1.54, 1.807) is 6.20 Å². The van der Waals surface area contributed by atoms with Crippen LogP contribution in [0, 0.1) is 3.57 Å². The first-order valence-electron chi connectivity index (χ1n) is 8.69. The smallest absolute Gasteiger partial charge is 0.229 e. The molecule has 27 heavy (non-hydrogen) atoms. The van der Waals surface area contributed by atoms with Crippen molar-refractivity contribution in [2.24, 2.45) is 0 Å². The van der Waals surface area contributed by atoms with E-state index in [-0.39, 0.29) is 12.5 Å². The van der Waals surface area contributed by atoms with E-state index in [1.165, 1.54) is 0 Å². The summed E-state index contributed by atoms with van der Waals surface area (Å²) in [5.41, 5.74) is 4.22. The maximum atomic E-state index is 12.4. The van der Waals surface area contributed by atoms with Crippen LogP contribution in [0.1, 0.15) is 23.7 Å². The molecular weight excluding hydrogens is 453 g/mol. The lowest BCUT2D eigenvalue weighted by atomic mass is 10.1. The average molecular weight is 473 g/mol. The van der Waals surface area contributed by atoms with Crippen molar-refractivity contribution in [3.05, 3.63) is 75.1 Å². The fraction of sp³-hybridized carbons (Fsp3) is 0.190. The molecule has 0 saturated heterocycles. The van der Waals surface area contributed by atoms with Crippen molar-refractivity contribution in [2.45, 2.75) is 26.4 Å².